The van der Waals surface area contributed by atoms with Crippen molar-refractivity contribution in [3.8, 4) is 0 Å². The second-order valence-electron chi connectivity index (χ2n) is 4.54. The SMILES string of the molecule is CCC(C)CC1CCC(C)CN1. The monoisotopic (exact) mass is 169 g/mol. The summed E-state index contributed by atoms with van der Waals surface area (Å²) in [5, 5.41) is 3.63. The minimum Gasteiger partial charge on any atom is -0.314 e. The molecule has 0 aromatic rings. The maximum Gasteiger partial charge on any atom is 0.00698 e. The van der Waals surface area contributed by atoms with Gasteiger partial charge in [-0.05, 0) is 37.6 Å². The highest BCUT2D eigenvalue weighted by molar-refractivity contribution is 4.76. The number of rotatable bonds is 3. The maximum atomic E-state index is 3.63. The number of nitrogens with one attached hydrogen (secondary N) is 1. The van der Waals surface area contributed by atoms with Crippen LogP contribution < -0.4 is 5.32 Å². The molecule has 1 heteroatoms. The summed E-state index contributed by atoms with van der Waals surface area (Å²) in [5.41, 5.74) is 0. The quantitative estimate of drug-likeness (QED) is 0.685. The Balaban J connectivity index is 2.17. The van der Waals surface area contributed by atoms with Crippen LogP contribution in [0, 0.1) is 11.8 Å². The summed E-state index contributed by atoms with van der Waals surface area (Å²) < 4.78 is 0. The highest BCUT2D eigenvalue weighted by Crippen LogP contribution is 2.19. The van der Waals surface area contributed by atoms with E-state index in [2.05, 4.69) is 26.1 Å². The van der Waals surface area contributed by atoms with Crippen molar-refractivity contribution in [1.29, 1.82) is 0 Å². The largest absolute Gasteiger partial charge is 0.314 e. The fourth-order valence-electron chi connectivity index (χ4n) is 1.91. The van der Waals surface area contributed by atoms with Crippen LogP contribution in [0.2, 0.25) is 0 Å². The summed E-state index contributed by atoms with van der Waals surface area (Å²) in [6.07, 6.45) is 5.52. The molecular weight excluding hydrogens is 146 g/mol. The van der Waals surface area contributed by atoms with Crippen molar-refractivity contribution in [2.75, 3.05) is 6.54 Å². The highest BCUT2D eigenvalue weighted by Gasteiger charge is 2.18. The first-order valence-corrected chi connectivity index (χ1v) is 5.45. The Morgan fingerprint density at radius 3 is 2.67 bits per heavy atom. The normalized spacial score (nSPS) is 33.2. The van der Waals surface area contributed by atoms with Gasteiger partial charge < -0.3 is 5.32 Å². The molecule has 72 valence electrons. The molecule has 1 saturated heterocycles. The van der Waals surface area contributed by atoms with E-state index in [1.807, 2.05) is 0 Å². The van der Waals surface area contributed by atoms with Crippen LogP contribution in [0.3, 0.4) is 0 Å². The molecule has 0 amide bonds. The zero-order valence-corrected chi connectivity index (χ0v) is 8.77. The molecule has 0 bridgehead atoms. The van der Waals surface area contributed by atoms with Gasteiger partial charge in [-0.25, -0.2) is 0 Å². The van der Waals surface area contributed by atoms with Gasteiger partial charge in [0.15, 0.2) is 0 Å². The predicted molar refractivity (Wildman–Crippen MR) is 54.3 cm³/mol. The average molecular weight is 169 g/mol. The summed E-state index contributed by atoms with van der Waals surface area (Å²) in [5.74, 6) is 1.80. The fraction of sp³-hybridized carbons (Fsp3) is 1.00. The minimum absolute atomic E-state index is 0.816. The van der Waals surface area contributed by atoms with Crippen LogP contribution in [-0.2, 0) is 0 Å². The molecule has 1 nitrogen and oxygen atoms in total. The first-order chi connectivity index (χ1) is 5.72. The van der Waals surface area contributed by atoms with Gasteiger partial charge in [0.25, 0.3) is 0 Å². The van der Waals surface area contributed by atoms with Crippen molar-refractivity contribution in [3.05, 3.63) is 0 Å². The molecule has 1 heterocycles. The summed E-state index contributed by atoms with van der Waals surface area (Å²) in [6.45, 7) is 8.23. The van der Waals surface area contributed by atoms with E-state index >= 15 is 0 Å². The van der Waals surface area contributed by atoms with Crippen LogP contribution >= 0.6 is 0 Å². The molecule has 0 saturated carbocycles. The molecule has 0 aromatic carbocycles. The van der Waals surface area contributed by atoms with E-state index in [9.17, 15) is 0 Å². The van der Waals surface area contributed by atoms with E-state index in [0.29, 0.717) is 0 Å². The van der Waals surface area contributed by atoms with Gasteiger partial charge in [-0.2, -0.15) is 0 Å². The summed E-state index contributed by atoms with van der Waals surface area (Å²) in [6, 6.07) is 0.816. The molecule has 1 N–H and O–H groups in total. The van der Waals surface area contributed by atoms with E-state index in [4.69, 9.17) is 0 Å². The molecule has 0 radical (unpaired) electrons. The molecule has 1 aliphatic rings. The van der Waals surface area contributed by atoms with Crippen molar-refractivity contribution in [2.45, 2.75) is 52.5 Å². The topological polar surface area (TPSA) is 12.0 Å². The lowest BCUT2D eigenvalue weighted by molar-refractivity contribution is 0.287. The number of hydrogen-bond donors (Lipinski definition) is 1. The van der Waals surface area contributed by atoms with Gasteiger partial charge in [-0.3, -0.25) is 0 Å². The van der Waals surface area contributed by atoms with Crippen LogP contribution in [0.1, 0.15) is 46.5 Å². The molecule has 1 rings (SSSR count). The van der Waals surface area contributed by atoms with Gasteiger partial charge in [-0.15, -0.1) is 0 Å². The van der Waals surface area contributed by atoms with Crippen molar-refractivity contribution in [1.82, 2.24) is 5.32 Å². The Bertz CT molecular complexity index is 114. The Morgan fingerprint density at radius 2 is 2.17 bits per heavy atom. The summed E-state index contributed by atoms with van der Waals surface area (Å²) >= 11 is 0. The first kappa shape index (κ1) is 10.0. The average Bonchev–Trinajstić information content (AvgIpc) is 2.09. The van der Waals surface area contributed by atoms with Crippen molar-refractivity contribution in [3.63, 3.8) is 0 Å². The van der Waals surface area contributed by atoms with E-state index in [1.165, 1.54) is 32.2 Å². The lowest BCUT2D eigenvalue weighted by atomic mass is 9.90. The van der Waals surface area contributed by atoms with Crippen LogP contribution in [0.4, 0.5) is 0 Å². The molecule has 1 aliphatic heterocycles. The second-order valence-corrected chi connectivity index (χ2v) is 4.54. The molecule has 0 aromatic heterocycles. The molecule has 12 heavy (non-hydrogen) atoms. The van der Waals surface area contributed by atoms with Crippen molar-refractivity contribution in [2.24, 2.45) is 11.8 Å². The van der Waals surface area contributed by atoms with E-state index < -0.39 is 0 Å². The van der Waals surface area contributed by atoms with E-state index in [-0.39, 0.29) is 0 Å². The molecule has 1 fully saturated rings. The molecular formula is C11H23N. The van der Waals surface area contributed by atoms with Gasteiger partial charge in [0.1, 0.15) is 0 Å². The third-order valence-corrected chi connectivity index (χ3v) is 3.15. The Labute approximate surface area is 76.9 Å². The Kier molecular flexibility index (Phi) is 4.07. The standard InChI is InChI=1S/C11H23N/c1-4-9(2)7-11-6-5-10(3)8-12-11/h9-12H,4-8H2,1-3H3. The smallest absolute Gasteiger partial charge is 0.00698 e. The lowest BCUT2D eigenvalue weighted by Crippen LogP contribution is -2.38. The molecule has 3 unspecified atom stereocenters. The minimum atomic E-state index is 0.816. The van der Waals surface area contributed by atoms with Gasteiger partial charge in [0.2, 0.25) is 0 Å². The maximum absolute atomic E-state index is 3.63. The van der Waals surface area contributed by atoms with Crippen molar-refractivity contribution < 1.29 is 0 Å². The van der Waals surface area contributed by atoms with E-state index in [0.717, 1.165) is 17.9 Å². The third kappa shape index (κ3) is 3.14. The lowest BCUT2D eigenvalue weighted by Gasteiger charge is -2.29. The van der Waals surface area contributed by atoms with Gasteiger partial charge >= 0.3 is 0 Å². The highest BCUT2D eigenvalue weighted by atomic mass is 14.9. The zero-order chi connectivity index (χ0) is 8.97. The van der Waals surface area contributed by atoms with Crippen LogP contribution in [0.25, 0.3) is 0 Å². The van der Waals surface area contributed by atoms with E-state index in [1.54, 1.807) is 0 Å². The fourth-order valence-corrected chi connectivity index (χ4v) is 1.91. The third-order valence-electron chi connectivity index (χ3n) is 3.15. The zero-order valence-electron chi connectivity index (χ0n) is 8.77. The molecule has 0 spiro atoms. The Hall–Kier alpha value is -0.0400. The summed E-state index contributed by atoms with van der Waals surface area (Å²) in [4.78, 5) is 0. The van der Waals surface area contributed by atoms with Crippen LogP contribution in [0.5, 0.6) is 0 Å². The van der Waals surface area contributed by atoms with Gasteiger partial charge in [0.05, 0.1) is 0 Å². The van der Waals surface area contributed by atoms with Gasteiger partial charge in [-0.1, -0.05) is 27.2 Å². The summed E-state index contributed by atoms with van der Waals surface area (Å²) in [7, 11) is 0. The number of hydrogen-bond acceptors (Lipinski definition) is 1. The number of piperidine rings is 1. The molecule has 0 aliphatic carbocycles. The second kappa shape index (κ2) is 4.86. The van der Waals surface area contributed by atoms with Crippen LogP contribution in [0.15, 0.2) is 0 Å². The Morgan fingerprint density at radius 1 is 1.42 bits per heavy atom. The predicted octanol–water partition coefficient (Wildman–Crippen LogP) is 2.81. The molecule has 3 atom stereocenters. The van der Waals surface area contributed by atoms with Gasteiger partial charge in [0, 0.05) is 6.04 Å². The van der Waals surface area contributed by atoms with Crippen LogP contribution in [-0.4, -0.2) is 12.6 Å². The first-order valence-electron chi connectivity index (χ1n) is 5.45. The van der Waals surface area contributed by atoms with Crippen molar-refractivity contribution >= 4 is 0 Å².